The number of imidazole rings is 1. The molecule has 0 amide bonds. The first-order chi connectivity index (χ1) is 8.13. The van der Waals surface area contributed by atoms with E-state index in [1.165, 1.54) is 0 Å². The number of nitrogens with zero attached hydrogens (tertiary/aromatic N) is 2. The molecule has 1 aromatic carbocycles. The first-order valence-corrected chi connectivity index (χ1v) is 6.02. The molecule has 1 unspecified atom stereocenters. The zero-order valence-corrected chi connectivity index (χ0v) is 10.5. The van der Waals surface area contributed by atoms with Crippen molar-refractivity contribution in [3.8, 4) is 0 Å². The molecule has 1 heterocycles. The molecule has 0 bridgehead atoms. The van der Waals surface area contributed by atoms with Crippen LogP contribution in [0, 0.1) is 6.92 Å². The van der Waals surface area contributed by atoms with Crippen LogP contribution in [0.3, 0.4) is 0 Å². The summed E-state index contributed by atoms with van der Waals surface area (Å²) in [4.78, 5) is 4.52. The van der Waals surface area contributed by atoms with Gasteiger partial charge in [0.25, 0.3) is 0 Å². The van der Waals surface area contributed by atoms with E-state index < -0.39 is 0 Å². The van der Waals surface area contributed by atoms with Gasteiger partial charge in [0.05, 0.1) is 11.0 Å². The summed E-state index contributed by atoms with van der Waals surface area (Å²) in [6, 6.07) is 6.33. The van der Waals surface area contributed by atoms with Crippen LogP contribution in [0.1, 0.15) is 30.3 Å². The van der Waals surface area contributed by atoms with Crippen molar-refractivity contribution in [2.75, 3.05) is 6.54 Å². The fourth-order valence-electron chi connectivity index (χ4n) is 2.07. The Morgan fingerprint density at radius 2 is 2.18 bits per heavy atom. The van der Waals surface area contributed by atoms with Crippen molar-refractivity contribution in [1.82, 2.24) is 9.55 Å². The lowest BCUT2D eigenvalue weighted by atomic mass is 10.0. The van der Waals surface area contributed by atoms with Gasteiger partial charge in [0, 0.05) is 13.1 Å². The third kappa shape index (κ3) is 2.33. The van der Waals surface area contributed by atoms with E-state index in [2.05, 4.69) is 27.8 Å². The summed E-state index contributed by atoms with van der Waals surface area (Å²) >= 11 is 0. The molecule has 0 fully saturated rings. The molecule has 1 atom stereocenters. The maximum atomic E-state index is 6.13. The molecule has 92 valence electrons. The maximum absolute atomic E-state index is 6.13. The van der Waals surface area contributed by atoms with Gasteiger partial charge >= 0.3 is 0 Å². The van der Waals surface area contributed by atoms with Crippen molar-refractivity contribution >= 4 is 11.0 Å². The zero-order valence-electron chi connectivity index (χ0n) is 10.5. The van der Waals surface area contributed by atoms with Crippen LogP contribution >= 0.6 is 0 Å². The van der Waals surface area contributed by atoms with Crippen LogP contribution in [0.2, 0.25) is 0 Å². The second-order valence-corrected chi connectivity index (χ2v) is 4.50. The lowest BCUT2D eigenvalue weighted by molar-refractivity contribution is 0.618. The SMILES string of the molecule is Cc1nc2cc(C(N)CCCN)ccc2n1C. The normalized spacial score (nSPS) is 13.2. The summed E-state index contributed by atoms with van der Waals surface area (Å²) in [6.45, 7) is 2.70. The van der Waals surface area contributed by atoms with Gasteiger partial charge < -0.3 is 16.0 Å². The first kappa shape index (κ1) is 12.1. The molecule has 1 aromatic heterocycles. The molecule has 4 nitrogen and oxygen atoms in total. The van der Waals surface area contributed by atoms with Gasteiger partial charge in [-0.05, 0) is 44.0 Å². The van der Waals surface area contributed by atoms with Gasteiger partial charge in [0.2, 0.25) is 0 Å². The smallest absolute Gasteiger partial charge is 0.106 e. The average Bonchev–Trinajstić information content (AvgIpc) is 2.61. The second-order valence-electron chi connectivity index (χ2n) is 4.50. The third-order valence-electron chi connectivity index (χ3n) is 3.28. The molecule has 4 N–H and O–H groups in total. The van der Waals surface area contributed by atoms with Crippen molar-refractivity contribution in [1.29, 1.82) is 0 Å². The molecular weight excluding hydrogens is 212 g/mol. The molecule has 0 aliphatic heterocycles. The predicted octanol–water partition coefficient (Wildman–Crippen LogP) is 1.62. The standard InChI is InChI=1S/C13H20N4/c1-9-16-12-8-10(11(15)4-3-7-14)5-6-13(12)17(9)2/h5-6,8,11H,3-4,7,14-15H2,1-2H3. The number of benzene rings is 1. The topological polar surface area (TPSA) is 69.9 Å². The van der Waals surface area contributed by atoms with E-state index in [0.29, 0.717) is 6.54 Å². The Kier molecular flexibility index (Phi) is 3.45. The van der Waals surface area contributed by atoms with E-state index in [1.807, 2.05) is 14.0 Å². The van der Waals surface area contributed by atoms with Crippen LogP contribution in [0.4, 0.5) is 0 Å². The van der Waals surface area contributed by atoms with Gasteiger partial charge in [-0.1, -0.05) is 6.07 Å². The Hall–Kier alpha value is -1.39. The van der Waals surface area contributed by atoms with E-state index in [-0.39, 0.29) is 6.04 Å². The van der Waals surface area contributed by atoms with Crippen molar-refractivity contribution in [3.05, 3.63) is 29.6 Å². The minimum atomic E-state index is 0.0604. The molecule has 4 heteroatoms. The van der Waals surface area contributed by atoms with Crippen LogP contribution in [0.5, 0.6) is 0 Å². The Morgan fingerprint density at radius 1 is 1.41 bits per heavy atom. The molecule has 17 heavy (non-hydrogen) atoms. The van der Waals surface area contributed by atoms with E-state index in [9.17, 15) is 0 Å². The van der Waals surface area contributed by atoms with Gasteiger partial charge in [-0.2, -0.15) is 0 Å². The van der Waals surface area contributed by atoms with Gasteiger partial charge in [-0.15, -0.1) is 0 Å². The van der Waals surface area contributed by atoms with Gasteiger partial charge in [0.1, 0.15) is 5.82 Å². The summed E-state index contributed by atoms with van der Waals surface area (Å²) in [6.07, 6.45) is 1.88. The van der Waals surface area contributed by atoms with Crippen LogP contribution in [0.15, 0.2) is 18.2 Å². The summed E-state index contributed by atoms with van der Waals surface area (Å²) < 4.78 is 2.09. The first-order valence-electron chi connectivity index (χ1n) is 6.02. The summed E-state index contributed by atoms with van der Waals surface area (Å²) in [7, 11) is 2.03. The Labute approximate surface area is 102 Å². The summed E-state index contributed by atoms with van der Waals surface area (Å²) in [5, 5.41) is 0. The highest BCUT2D eigenvalue weighted by Crippen LogP contribution is 2.21. The molecule has 0 aliphatic rings. The third-order valence-corrected chi connectivity index (χ3v) is 3.28. The fourth-order valence-corrected chi connectivity index (χ4v) is 2.07. The number of aromatic nitrogens is 2. The number of nitrogens with two attached hydrogens (primary N) is 2. The summed E-state index contributed by atoms with van der Waals surface area (Å²) in [5.74, 6) is 1.02. The van der Waals surface area contributed by atoms with Gasteiger partial charge in [-0.3, -0.25) is 0 Å². The predicted molar refractivity (Wildman–Crippen MR) is 70.7 cm³/mol. The molecule has 0 spiro atoms. The summed E-state index contributed by atoms with van der Waals surface area (Å²) in [5.41, 5.74) is 14.9. The Bertz CT molecular complexity index is 515. The Balaban J connectivity index is 2.31. The number of aryl methyl sites for hydroxylation is 2. The van der Waals surface area contributed by atoms with E-state index in [0.717, 1.165) is 35.3 Å². The van der Waals surface area contributed by atoms with E-state index >= 15 is 0 Å². The molecule has 0 aliphatic carbocycles. The highest BCUT2D eigenvalue weighted by atomic mass is 15.0. The fraction of sp³-hybridized carbons (Fsp3) is 0.462. The molecule has 0 saturated carbocycles. The zero-order chi connectivity index (χ0) is 12.4. The van der Waals surface area contributed by atoms with Gasteiger partial charge in [0.15, 0.2) is 0 Å². The number of hydrogen-bond acceptors (Lipinski definition) is 3. The van der Waals surface area contributed by atoms with Crippen molar-refractivity contribution in [3.63, 3.8) is 0 Å². The highest BCUT2D eigenvalue weighted by Gasteiger charge is 2.09. The minimum Gasteiger partial charge on any atom is -0.331 e. The largest absolute Gasteiger partial charge is 0.331 e. The number of hydrogen-bond donors (Lipinski definition) is 2. The Morgan fingerprint density at radius 3 is 2.88 bits per heavy atom. The van der Waals surface area contributed by atoms with Crippen LogP contribution in [-0.4, -0.2) is 16.1 Å². The quantitative estimate of drug-likeness (QED) is 0.841. The monoisotopic (exact) mass is 232 g/mol. The van der Waals surface area contributed by atoms with Crippen LogP contribution < -0.4 is 11.5 Å². The molecule has 0 radical (unpaired) electrons. The number of rotatable bonds is 4. The van der Waals surface area contributed by atoms with E-state index in [4.69, 9.17) is 11.5 Å². The second kappa shape index (κ2) is 4.85. The van der Waals surface area contributed by atoms with E-state index in [1.54, 1.807) is 0 Å². The molecule has 2 aromatic rings. The van der Waals surface area contributed by atoms with Gasteiger partial charge in [-0.25, -0.2) is 4.98 Å². The minimum absolute atomic E-state index is 0.0604. The lowest BCUT2D eigenvalue weighted by Gasteiger charge is -2.11. The molecule has 0 saturated heterocycles. The number of fused-ring (bicyclic) bond motifs is 1. The van der Waals surface area contributed by atoms with Crippen molar-refractivity contribution in [2.24, 2.45) is 18.5 Å². The molecular formula is C13H20N4. The van der Waals surface area contributed by atoms with Crippen molar-refractivity contribution in [2.45, 2.75) is 25.8 Å². The maximum Gasteiger partial charge on any atom is 0.106 e. The average molecular weight is 232 g/mol. The molecule has 2 rings (SSSR count). The lowest BCUT2D eigenvalue weighted by Crippen LogP contribution is -2.12. The van der Waals surface area contributed by atoms with Crippen molar-refractivity contribution < 1.29 is 0 Å². The van der Waals surface area contributed by atoms with Crippen LogP contribution in [0.25, 0.3) is 11.0 Å². The van der Waals surface area contributed by atoms with Crippen LogP contribution in [-0.2, 0) is 7.05 Å². The highest BCUT2D eigenvalue weighted by molar-refractivity contribution is 5.76.